The van der Waals surface area contributed by atoms with Gasteiger partial charge in [0.2, 0.25) is 0 Å². The van der Waals surface area contributed by atoms with Crippen LogP contribution in [0.15, 0.2) is 42.6 Å². The number of hydrogen-bond acceptors (Lipinski definition) is 7. The molecule has 2 fully saturated rings. The zero-order chi connectivity index (χ0) is 22.9. The molecular weight excluding hydrogens is 444 g/mol. The van der Waals surface area contributed by atoms with Crippen molar-refractivity contribution in [2.45, 2.75) is 45.7 Å². The number of nitrogens with zero attached hydrogens (tertiary/aromatic N) is 4. The minimum atomic E-state index is -0.348. The van der Waals surface area contributed by atoms with Gasteiger partial charge in [-0.3, -0.25) is 24.4 Å². The number of halogens is 1. The van der Waals surface area contributed by atoms with Crippen molar-refractivity contribution >= 4 is 35.3 Å². The first kappa shape index (κ1) is 24.8. The molecule has 0 unspecified atom stereocenters. The summed E-state index contributed by atoms with van der Waals surface area (Å²) in [6, 6.07) is 12.3. The van der Waals surface area contributed by atoms with Gasteiger partial charge < -0.3 is 0 Å². The van der Waals surface area contributed by atoms with Crippen LogP contribution >= 0.6 is 23.7 Å². The quantitative estimate of drug-likeness (QED) is 0.269. The Kier molecular flexibility index (Phi) is 9.62. The smallest absolute Gasteiger partial charge is 0.266 e. The Morgan fingerprint density at radius 1 is 1.22 bits per heavy atom. The number of nitrogen functional groups attached to an aromatic ring is 1. The van der Waals surface area contributed by atoms with Crippen molar-refractivity contribution in [1.82, 2.24) is 19.6 Å². The molecule has 7 nitrogen and oxygen atoms in total. The van der Waals surface area contributed by atoms with E-state index in [2.05, 4.69) is 30.0 Å². The predicted octanol–water partition coefficient (Wildman–Crippen LogP) is 4.10. The summed E-state index contributed by atoms with van der Waals surface area (Å²) in [5, 5.41) is 0.704. The second-order valence-corrected chi connectivity index (χ2v) is 9.22. The minimum absolute atomic E-state index is 0.348. The normalized spacial score (nSPS) is 17.1. The number of piperazine rings is 1. The van der Waals surface area contributed by atoms with Gasteiger partial charge in [0, 0.05) is 55.6 Å². The van der Waals surface area contributed by atoms with E-state index in [4.69, 9.17) is 17.4 Å². The summed E-state index contributed by atoms with van der Waals surface area (Å²) >= 11 is 7.97. The van der Waals surface area contributed by atoms with E-state index in [1.54, 1.807) is 24.4 Å². The Bertz CT molecular complexity index is 856. The van der Waals surface area contributed by atoms with Crippen LogP contribution in [0.5, 0.6) is 0 Å². The van der Waals surface area contributed by atoms with Gasteiger partial charge >= 0.3 is 0 Å². The van der Waals surface area contributed by atoms with Crippen molar-refractivity contribution in [1.29, 1.82) is 0 Å². The number of hydrazine groups is 1. The molecule has 32 heavy (non-hydrogen) atoms. The SMILES string of the molecule is CC.NNC(=O)c1ccc(CN(SN2CCN(C3CCC3)CC2)c2cccc(Cl)c2)nc1. The summed E-state index contributed by atoms with van der Waals surface area (Å²) < 4.78 is 4.61. The van der Waals surface area contributed by atoms with Gasteiger partial charge in [-0.25, -0.2) is 10.1 Å². The Morgan fingerprint density at radius 2 is 1.97 bits per heavy atom. The zero-order valence-corrected chi connectivity index (χ0v) is 20.4. The maximum Gasteiger partial charge on any atom is 0.266 e. The largest absolute Gasteiger partial charge is 0.298 e. The van der Waals surface area contributed by atoms with Gasteiger partial charge in [0.05, 0.1) is 23.5 Å². The van der Waals surface area contributed by atoms with E-state index in [1.165, 1.54) is 19.3 Å². The molecule has 4 rings (SSSR count). The molecule has 2 heterocycles. The highest BCUT2D eigenvalue weighted by Gasteiger charge is 2.29. The van der Waals surface area contributed by atoms with Crippen LogP contribution in [0.4, 0.5) is 5.69 Å². The number of anilines is 1. The molecule has 1 aliphatic heterocycles. The van der Waals surface area contributed by atoms with Gasteiger partial charge in [0.25, 0.3) is 5.91 Å². The van der Waals surface area contributed by atoms with Gasteiger partial charge in [0.1, 0.15) is 0 Å². The minimum Gasteiger partial charge on any atom is -0.298 e. The van der Waals surface area contributed by atoms with Crippen molar-refractivity contribution in [2.75, 3.05) is 30.5 Å². The first-order valence-electron chi connectivity index (χ1n) is 11.3. The van der Waals surface area contributed by atoms with E-state index in [0.717, 1.165) is 43.6 Å². The van der Waals surface area contributed by atoms with E-state index < -0.39 is 0 Å². The van der Waals surface area contributed by atoms with E-state index >= 15 is 0 Å². The standard InChI is InChI=1S/C21H27ClN6OS.C2H6/c22-17-3-1-6-20(13-17)28(15-18-8-7-16(14-24-18)21(29)25-23)30-27-11-9-26(10-12-27)19-4-2-5-19;1-2/h1,3,6-8,13-14,19H,2,4-5,9-12,15,23H2,(H,25,29);1-2H3. The molecule has 0 atom stereocenters. The van der Waals surface area contributed by atoms with Gasteiger partial charge in [-0.1, -0.05) is 37.9 Å². The van der Waals surface area contributed by atoms with Crippen LogP contribution in [0.2, 0.25) is 5.02 Å². The maximum atomic E-state index is 11.7. The monoisotopic (exact) mass is 476 g/mol. The van der Waals surface area contributed by atoms with Crippen LogP contribution < -0.4 is 15.6 Å². The summed E-state index contributed by atoms with van der Waals surface area (Å²) in [6.45, 7) is 8.88. The molecule has 0 radical (unpaired) electrons. The van der Waals surface area contributed by atoms with Crippen molar-refractivity contribution in [3.8, 4) is 0 Å². The zero-order valence-electron chi connectivity index (χ0n) is 18.8. The lowest BCUT2D eigenvalue weighted by atomic mass is 9.91. The Hall–Kier alpha value is -1.84. The van der Waals surface area contributed by atoms with Crippen LogP contribution in [0.1, 0.15) is 49.2 Å². The average Bonchev–Trinajstić information content (AvgIpc) is 2.80. The van der Waals surface area contributed by atoms with Crippen LogP contribution in [-0.2, 0) is 6.54 Å². The molecule has 9 heteroatoms. The maximum absolute atomic E-state index is 11.7. The number of nitrogens with two attached hydrogens (primary N) is 1. The fourth-order valence-corrected chi connectivity index (χ4v) is 4.91. The molecule has 1 aromatic heterocycles. The molecule has 3 N–H and O–H groups in total. The number of benzene rings is 1. The number of aromatic nitrogens is 1. The lowest BCUT2D eigenvalue weighted by molar-refractivity contribution is 0.0919. The number of carbonyl (C=O) groups excluding carboxylic acids is 1. The summed E-state index contributed by atoms with van der Waals surface area (Å²) in [5.74, 6) is 4.85. The number of pyridine rings is 1. The topological polar surface area (TPSA) is 77.7 Å². The van der Waals surface area contributed by atoms with E-state index in [9.17, 15) is 4.79 Å². The molecule has 1 amide bonds. The fraction of sp³-hybridized carbons (Fsp3) is 0.478. The summed E-state index contributed by atoms with van der Waals surface area (Å²) in [4.78, 5) is 18.7. The number of carbonyl (C=O) groups is 1. The highest BCUT2D eigenvalue weighted by molar-refractivity contribution is 7.98. The summed E-state index contributed by atoms with van der Waals surface area (Å²) in [6.07, 6.45) is 5.63. The lowest BCUT2D eigenvalue weighted by Gasteiger charge is -2.43. The molecule has 174 valence electrons. The Labute approximate surface area is 200 Å². The van der Waals surface area contributed by atoms with E-state index in [1.807, 2.05) is 38.1 Å². The van der Waals surface area contributed by atoms with E-state index in [-0.39, 0.29) is 5.91 Å². The van der Waals surface area contributed by atoms with E-state index in [0.29, 0.717) is 17.1 Å². The highest BCUT2D eigenvalue weighted by Crippen LogP contribution is 2.31. The van der Waals surface area contributed by atoms with Gasteiger partial charge in [-0.2, -0.15) is 0 Å². The van der Waals surface area contributed by atoms with Crippen molar-refractivity contribution in [3.05, 3.63) is 58.9 Å². The van der Waals surface area contributed by atoms with Crippen molar-refractivity contribution < 1.29 is 4.79 Å². The van der Waals surface area contributed by atoms with Crippen LogP contribution in [0.25, 0.3) is 0 Å². The molecule has 0 bridgehead atoms. The molecule has 1 aliphatic carbocycles. The lowest BCUT2D eigenvalue weighted by Crippen LogP contribution is -2.51. The molecule has 1 aromatic carbocycles. The molecule has 2 aliphatic rings. The van der Waals surface area contributed by atoms with Crippen LogP contribution in [0.3, 0.4) is 0 Å². The van der Waals surface area contributed by atoms with Gasteiger partial charge in [-0.15, -0.1) is 0 Å². The Balaban J connectivity index is 0.00000141. The first-order valence-corrected chi connectivity index (χ1v) is 12.4. The highest BCUT2D eigenvalue weighted by atomic mass is 35.5. The molecule has 2 aromatic rings. The van der Waals surface area contributed by atoms with Crippen molar-refractivity contribution in [3.63, 3.8) is 0 Å². The third-order valence-electron chi connectivity index (χ3n) is 5.70. The van der Waals surface area contributed by atoms with Gasteiger partial charge in [0.15, 0.2) is 0 Å². The predicted molar refractivity (Wildman–Crippen MR) is 133 cm³/mol. The second kappa shape index (κ2) is 12.4. The number of amides is 1. The summed E-state index contributed by atoms with van der Waals surface area (Å²) in [7, 11) is 0. The number of hydrogen-bond donors (Lipinski definition) is 2. The molecule has 1 saturated carbocycles. The van der Waals surface area contributed by atoms with Crippen LogP contribution in [-0.4, -0.2) is 52.3 Å². The molecule has 1 saturated heterocycles. The third-order valence-corrected chi connectivity index (χ3v) is 7.07. The number of nitrogens with one attached hydrogen (secondary N) is 1. The van der Waals surface area contributed by atoms with Gasteiger partial charge in [-0.05, 0) is 43.2 Å². The van der Waals surface area contributed by atoms with Crippen LogP contribution in [0, 0.1) is 0 Å². The molecule has 0 spiro atoms. The molecular formula is C23H33ClN6OS. The average molecular weight is 477 g/mol. The van der Waals surface area contributed by atoms with Crippen molar-refractivity contribution in [2.24, 2.45) is 5.84 Å². The first-order chi connectivity index (χ1) is 15.6. The third kappa shape index (κ3) is 6.59. The Morgan fingerprint density at radius 3 is 2.53 bits per heavy atom. The fourth-order valence-electron chi connectivity index (χ4n) is 3.72. The number of rotatable bonds is 7. The second-order valence-electron chi connectivity index (χ2n) is 7.66. The summed E-state index contributed by atoms with van der Waals surface area (Å²) in [5.41, 5.74) is 4.46.